The van der Waals surface area contributed by atoms with Crippen molar-refractivity contribution in [3.63, 3.8) is 0 Å². The molecule has 0 radical (unpaired) electrons. The number of nitrogens with zero attached hydrogens (tertiary/aromatic N) is 4. The summed E-state index contributed by atoms with van der Waals surface area (Å²) in [5.41, 5.74) is 5.97. The number of hydrogen-bond acceptors (Lipinski definition) is 4. The molecule has 0 aliphatic carbocycles. The first-order valence-corrected chi connectivity index (χ1v) is 6.24. The van der Waals surface area contributed by atoms with Gasteiger partial charge < -0.3 is 15.5 Å². The Bertz CT molecular complexity index is 482. The lowest BCUT2D eigenvalue weighted by atomic mass is 10.1. The number of carbonyl (C=O) groups excluding carboxylic acids is 2. The van der Waals surface area contributed by atoms with E-state index in [-0.39, 0.29) is 12.3 Å². The first-order chi connectivity index (χ1) is 8.97. The number of primary amides is 1. The van der Waals surface area contributed by atoms with Crippen molar-refractivity contribution in [1.82, 2.24) is 14.7 Å². The van der Waals surface area contributed by atoms with Crippen molar-refractivity contribution in [3.05, 3.63) is 12.4 Å². The quantitative estimate of drug-likeness (QED) is 0.761. The van der Waals surface area contributed by atoms with E-state index in [1.54, 1.807) is 15.8 Å². The smallest absolute Gasteiger partial charge is 0.227 e. The van der Waals surface area contributed by atoms with Crippen LogP contribution in [0.15, 0.2) is 12.4 Å². The summed E-state index contributed by atoms with van der Waals surface area (Å²) in [5, 5.41) is 4.22. The van der Waals surface area contributed by atoms with Crippen LogP contribution in [-0.2, 0) is 16.1 Å². The maximum atomic E-state index is 11.8. The second-order valence-electron chi connectivity index (χ2n) is 5.07. The van der Waals surface area contributed by atoms with E-state index in [0.717, 1.165) is 18.8 Å². The van der Waals surface area contributed by atoms with Crippen LogP contribution >= 0.6 is 0 Å². The highest BCUT2D eigenvalue weighted by Gasteiger charge is 2.34. The molecule has 1 saturated heterocycles. The van der Waals surface area contributed by atoms with Crippen molar-refractivity contribution in [2.75, 3.05) is 32.1 Å². The van der Waals surface area contributed by atoms with Crippen LogP contribution in [0.3, 0.4) is 0 Å². The zero-order valence-corrected chi connectivity index (χ0v) is 11.2. The highest BCUT2D eigenvalue weighted by molar-refractivity contribution is 5.99. The fraction of sp³-hybridized carbons (Fsp3) is 0.583. The zero-order chi connectivity index (χ0) is 14.0. The van der Waals surface area contributed by atoms with Crippen LogP contribution in [0.4, 0.5) is 5.69 Å². The van der Waals surface area contributed by atoms with Crippen molar-refractivity contribution in [3.8, 4) is 0 Å². The molecule has 1 fully saturated rings. The lowest BCUT2D eigenvalue weighted by Gasteiger charge is -2.13. The van der Waals surface area contributed by atoms with Crippen LogP contribution in [0.2, 0.25) is 0 Å². The third-order valence-corrected chi connectivity index (χ3v) is 3.24. The number of hydrogen-bond donors (Lipinski definition) is 1. The summed E-state index contributed by atoms with van der Waals surface area (Å²) in [6, 6.07) is 0. The van der Waals surface area contributed by atoms with Gasteiger partial charge in [0.25, 0.3) is 0 Å². The first-order valence-electron chi connectivity index (χ1n) is 6.24. The van der Waals surface area contributed by atoms with Crippen LogP contribution in [-0.4, -0.2) is 53.7 Å². The van der Waals surface area contributed by atoms with E-state index >= 15 is 0 Å². The summed E-state index contributed by atoms with van der Waals surface area (Å²) in [6.07, 6.45) is 3.67. The average Bonchev–Trinajstić information content (AvgIpc) is 2.92. The molecule has 104 valence electrons. The molecule has 0 aromatic carbocycles. The minimum absolute atomic E-state index is 0.0732. The molecule has 0 saturated carbocycles. The number of carbonyl (C=O) groups is 2. The number of rotatable bonds is 5. The molecule has 2 N–H and O–H groups in total. The normalized spacial score (nSPS) is 19.4. The molecule has 1 aliphatic heterocycles. The molecule has 1 aromatic rings. The topological polar surface area (TPSA) is 84.5 Å². The minimum Gasteiger partial charge on any atom is -0.369 e. The highest BCUT2D eigenvalue weighted by Crippen LogP contribution is 2.24. The molecule has 2 heterocycles. The SMILES string of the molecule is CN(C)CCn1cc(N2CC(C(N)=O)CC2=O)cn1. The Kier molecular flexibility index (Phi) is 3.84. The molecule has 7 nitrogen and oxygen atoms in total. The van der Waals surface area contributed by atoms with Crippen LogP contribution < -0.4 is 10.6 Å². The maximum Gasteiger partial charge on any atom is 0.227 e. The average molecular weight is 265 g/mol. The molecule has 1 unspecified atom stereocenters. The summed E-state index contributed by atoms with van der Waals surface area (Å²) in [5.74, 6) is -0.885. The lowest BCUT2D eigenvalue weighted by Crippen LogP contribution is -2.28. The molecule has 19 heavy (non-hydrogen) atoms. The fourth-order valence-corrected chi connectivity index (χ4v) is 2.06. The standard InChI is InChI=1S/C12H19N5O2/c1-15(2)3-4-16-8-10(6-14-16)17-7-9(12(13)19)5-11(17)18/h6,8-9H,3-5,7H2,1-2H3,(H2,13,19). The van der Waals surface area contributed by atoms with Gasteiger partial charge in [-0.25, -0.2) is 0 Å². The summed E-state index contributed by atoms with van der Waals surface area (Å²) in [6.45, 7) is 1.99. The van der Waals surface area contributed by atoms with Gasteiger partial charge >= 0.3 is 0 Å². The number of likely N-dealkylation sites (N-methyl/N-ethyl adjacent to an activating group) is 1. The predicted molar refractivity (Wildman–Crippen MR) is 70.4 cm³/mol. The van der Waals surface area contributed by atoms with Crippen LogP contribution in [0.1, 0.15) is 6.42 Å². The van der Waals surface area contributed by atoms with E-state index in [1.807, 2.05) is 20.3 Å². The highest BCUT2D eigenvalue weighted by atomic mass is 16.2. The summed E-state index contributed by atoms with van der Waals surface area (Å²) in [7, 11) is 3.98. The molecule has 1 aliphatic rings. The van der Waals surface area contributed by atoms with Crippen LogP contribution in [0.5, 0.6) is 0 Å². The molecular formula is C12H19N5O2. The van der Waals surface area contributed by atoms with Gasteiger partial charge in [0.05, 0.1) is 24.3 Å². The maximum absolute atomic E-state index is 11.8. The zero-order valence-electron chi connectivity index (χ0n) is 11.2. The Morgan fingerprint density at radius 2 is 2.32 bits per heavy atom. The van der Waals surface area contributed by atoms with Gasteiger partial charge in [-0.15, -0.1) is 0 Å². The Morgan fingerprint density at radius 1 is 1.58 bits per heavy atom. The van der Waals surface area contributed by atoms with Crippen LogP contribution in [0, 0.1) is 5.92 Å². The molecule has 1 aromatic heterocycles. The van der Waals surface area contributed by atoms with Gasteiger partial charge in [-0.1, -0.05) is 0 Å². The van der Waals surface area contributed by atoms with Crippen molar-refractivity contribution in [2.45, 2.75) is 13.0 Å². The number of anilines is 1. The Balaban J connectivity index is 2.02. The molecule has 0 spiro atoms. The fourth-order valence-electron chi connectivity index (χ4n) is 2.06. The molecular weight excluding hydrogens is 246 g/mol. The first kappa shape index (κ1) is 13.5. The van der Waals surface area contributed by atoms with E-state index in [2.05, 4.69) is 10.00 Å². The number of amides is 2. The van der Waals surface area contributed by atoms with E-state index in [4.69, 9.17) is 5.73 Å². The molecule has 2 rings (SSSR count). The van der Waals surface area contributed by atoms with Gasteiger partial charge in [-0.05, 0) is 14.1 Å². The lowest BCUT2D eigenvalue weighted by molar-refractivity contribution is -0.123. The number of nitrogens with two attached hydrogens (primary N) is 1. The van der Waals surface area contributed by atoms with Gasteiger partial charge in [0.15, 0.2) is 0 Å². The summed E-state index contributed by atoms with van der Waals surface area (Å²) >= 11 is 0. The Labute approximate surface area is 111 Å². The third kappa shape index (κ3) is 3.11. The van der Waals surface area contributed by atoms with Crippen LogP contribution in [0.25, 0.3) is 0 Å². The van der Waals surface area contributed by atoms with Crippen molar-refractivity contribution < 1.29 is 9.59 Å². The van der Waals surface area contributed by atoms with E-state index in [0.29, 0.717) is 6.54 Å². The largest absolute Gasteiger partial charge is 0.369 e. The van der Waals surface area contributed by atoms with Crippen molar-refractivity contribution in [1.29, 1.82) is 0 Å². The Hall–Kier alpha value is -1.89. The molecule has 2 amide bonds. The van der Waals surface area contributed by atoms with E-state index in [1.165, 1.54) is 0 Å². The van der Waals surface area contributed by atoms with Gasteiger partial charge in [0.1, 0.15) is 0 Å². The summed E-state index contributed by atoms with van der Waals surface area (Å²) < 4.78 is 1.79. The third-order valence-electron chi connectivity index (χ3n) is 3.24. The monoisotopic (exact) mass is 265 g/mol. The molecule has 7 heteroatoms. The van der Waals surface area contributed by atoms with Gasteiger partial charge in [-0.2, -0.15) is 5.10 Å². The van der Waals surface area contributed by atoms with Crippen molar-refractivity contribution >= 4 is 17.5 Å². The second-order valence-corrected chi connectivity index (χ2v) is 5.07. The van der Waals surface area contributed by atoms with Gasteiger partial charge in [0.2, 0.25) is 11.8 Å². The van der Waals surface area contributed by atoms with Gasteiger partial charge in [-0.3, -0.25) is 14.3 Å². The Morgan fingerprint density at radius 3 is 2.89 bits per heavy atom. The predicted octanol–water partition coefficient (Wildman–Crippen LogP) is -0.717. The van der Waals surface area contributed by atoms with E-state index < -0.39 is 11.8 Å². The number of aromatic nitrogens is 2. The second kappa shape index (κ2) is 5.40. The van der Waals surface area contributed by atoms with E-state index in [9.17, 15) is 9.59 Å². The van der Waals surface area contributed by atoms with Gasteiger partial charge in [0, 0.05) is 25.7 Å². The van der Waals surface area contributed by atoms with Crippen molar-refractivity contribution in [2.24, 2.45) is 11.7 Å². The summed E-state index contributed by atoms with van der Waals surface area (Å²) in [4.78, 5) is 26.6. The minimum atomic E-state index is -0.421. The molecule has 1 atom stereocenters. The molecule has 0 bridgehead atoms.